The van der Waals surface area contributed by atoms with Gasteiger partial charge in [-0.25, -0.2) is 4.79 Å². The molecule has 0 aromatic heterocycles. The first-order chi connectivity index (χ1) is 11.9. The summed E-state index contributed by atoms with van der Waals surface area (Å²) in [6, 6.07) is 9.50. The molecule has 0 spiro atoms. The van der Waals surface area contributed by atoms with Gasteiger partial charge in [0.2, 0.25) is 0 Å². The second-order valence-electron chi connectivity index (χ2n) is 6.63. The van der Waals surface area contributed by atoms with Crippen LogP contribution in [0.5, 0.6) is 0 Å². The third-order valence-corrected chi connectivity index (χ3v) is 5.37. The normalized spacial score (nSPS) is 14.5. The molecule has 2 atom stereocenters. The first kappa shape index (κ1) is 21.7. The van der Waals surface area contributed by atoms with Crippen molar-refractivity contribution in [2.45, 2.75) is 57.0 Å². The molecule has 0 saturated carbocycles. The standard InChI is InChI=1S/C20H30O4S/c1-15(2)16(10-12-17(22)7-6-14-21)11-13-19(20(23)24)25-18-8-4-3-5-9-18/h3-5,8-9,13,15-17,21-22H,6-7,10-12,14H2,1-2H3,(H,23,24)/b19-13-. The third-order valence-electron chi connectivity index (χ3n) is 4.30. The lowest BCUT2D eigenvalue weighted by Gasteiger charge is -2.21. The summed E-state index contributed by atoms with van der Waals surface area (Å²) in [7, 11) is 0. The van der Waals surface area contributed by atoms with E-state index in [4.69, 9.17) is 5.11 Å². The molecule has 140 valence electrons. The fourth-order valence-corrected chi connectivity index (χ4v) is 3.46. The lowest BCUT2D eigenvalue weighted by atomic mass is 9.87. The molecule has 1 aromatic carbocycles. The van der Waals surface area contributed by atoms with Crippen LogP contribution in [0.1, 0.15) is 46.0 Å². The van der Waals surface area contributed by atoms with Gasteiger partial charge in [0.05, 0.1) is 11.0 Å². The van der Waals surface area contributed by atoms with E-state index in [1.807, 2.05) is 36.4 Å². The van der Waals surface area contributed by atoms with Crippen LogP contribution >= 0.6 is 11.8 Å². The molecule has 1 rings (SSSR count). The minimum Gasteiger partial charge on any atom is -0.477 e. The van der Waals surface area contributed by atoms with Gasteiger partial charge >= 0.3 is 5.97 Å². The van der Waals surface area contributed by atoms with Crippen molar-refractivity contribution in [1.82, 2.24) is 0 Å². The predicted octanol–water partition coefficient (Wildman–Crippen LogP) is 4.32. The molecule has 0 heterocycles. The quantitative estimate of drug-likeness (QED) is 0.379. The highest BCUT2D eigenvalue weighted by atomic mass is 32.2. The van der Waals surface area contributed by atoms with Crippen LogP contribution in [-0.4, -0.2) is 34.0 Å². The van der Waals surface area contributed by atoms with Crippen LogP contribution in [0.15, 0.2) is 46.2 Å². The first-order valence-electron chi connectivity index (χ1n) is 8.89. The number of hydrogen-bond acceptors (Lipinski definition) is 4. The van der Waals surface area contributed by atoms with Crippen LogP contribution in [0.3, 0.4) is 0 Å². The number of aliphatic carboxylic acids is 1. The summed E-state index contributed by atoms with van der Waals surface area (Å²) < 4.78 is 0. The highest BCUT2D eigenvalue weighted by molar-refractivity contribution is 8.04. The molecular weight excluding hydrogens is 336 g/mol. The van der Waals surface area contributed by atoms with Crippen LogP contribution in [0, 0.1) is 11.8 Å². The Labute approximate surface area is 155 Å². The van der Waals surface area contributed by atoms with Crippen molar-refractivity contribution in [2.24, 2.45) is 11.8 Å². The Balaban J connectivity index is 2.64. The van der Waals surface area contributed by atoms with Gasteiger partial charge in [0.15, 0.2) is 0 Å². The van der Waals surface area contributed by atoms with Crippen molar-refractivity contribution in [3.05, 3.63) is 41.3 Å². The van der Waals surface area contributed by atoms with Crippen LogP contribution in [0.2, 0.25) is 0 Å². The minimum atomic E-state index is -0.903. The van der Waals surface area contributed by atoms with Gasteiger partial charge in [-0.15, -0.1) is 0 Å². The number of carboxylic acid groups (broad SMARTS) is 1. The molecule has 0 saturated heterocycles. The summed E-state index contributed by atoms with van der Waals surface area (Å²) in [5.41, 5.74) is 0. The maximum atomic E-state index is 11.5. The predicted molar refractivity (Wildman–Crippen MR) is 103 cm³/mol. The van der Waals surface area contributed by atoms with Gasteiger partial charge in [-0.1, -0.05) is 49.9 Å². The van der Waals surface area contributed by atoms with E-state index in [0.717, 1.165) is 11.3 Å². The van der Waals surface area contributed by atoms with E-state index >= 15 is 0 Å². The molecule has 0 amide bonds. The molecule has 5 heteroatoms. The number of carboxylic acids is 1. The zero-order valence-corrected chi connectivity index (χ0v) is 15.9. The van der Waals surface area contributed by atoms with E-state index in [9.17, 15) is 15.0 Å². The van der Waals surface area contributed by atoms with E-state index in [0.29, 0.717) is 42.4 Å². The molecule has 1 aromatic rings. The van der Waals surface area contributed by atoms with E-state index in [1.54, 1.807) is 0 Å². The molecular formula is C20H30O4S. The SMILES string of the molecule is CC(C)C(C/C=C(\Sc1ccccc1)C(=O)O)CCC(O)CCCO. The Bertz CT molecular complexity index is 528. The lowest BCUT2D eigenvalue weighted by Crippen LogP contribution is -2.14. The molecule has 0 bridgehead atoms. The molecule has 25 heavy (non-hydrogen) atoms. The summed E-state index contributed by atoms with van der Waals surface area (Å²) in [5, 5.41) is 28.2. The van der Waals surface area contributed by atoms with Gasteiger partial charge in [0.1, 0.15) is 0 Å². The smallest absolute Gasteiger partial charge is 0.342 e. The zero-order valence-electron chi connectivity index (χ0n) is 15.1. The highest BCUT2D eigenvalue weighted by Gasteiger charge is 2.17. The molecule has 3 N–H and O–H groups in total. The summed E-state index contributed by atoms with van der Waals surface area (Å²) in [5.74, 6) is -0.160. The number of aliphatic hydroxyl groups is 2. The van der Waals surface area contributed by atoms with Crippen molar-refractivity contribution in [2.75, 3.05) is 6.61 Å². The van der Waals surface area contributed by atoms with Crippen molar-refractivity contribution < 1.29 is 20.1 Å². The van der Waals surface area contributed by atoms with Gasteiger partial charge in [-0.3, -0.25) is 0 Å². The van der Waals surface area contributed by atoms with Crippen LogP contribution in [0.4, 0.5) is 0 Å². The van der Waals surface area contributed by atoms with Crippen molar-refractivity contribution >= 4 is 17.7 Å². The summed E-state index contributed by atoms with van der Waals surface area (Å²) in [4.78, 5) is 12.8. The molecule has 0 aliphatic rings. The number of thioether (sulfide) groups is 1. The average Bonchev–Trinajstić information content (AvgIpc) is 2.59. The van der Waals surface area contributed by atoms with E-state index in [2.05, 4.69) is 13.8 Å². The fraction of sp³-hybridized carbons (Fsp3) is 0.550. The molecule has 0 radical (unpaired) electrons. The molecule has 0 aliphatic heterocycles. The molecule has 4 nitrogen and oxygen atoms in total. The number of hydrogen-bond donors (Lipinski definition) is 3. The number of benzene rings is 1. The van der Waals surface area contributed by atoms with Gasteiger partial charge in [-0.2, -0.15) is 0 Å². The Morgan fingerprint density at radius 3 is 2.40 bits per heavy atom. The van der Waals surface area contributed by atoms with Gasteiger partial charge in [0.25, 0.3) is 0 Å². The Morgan fingerprint density at radius 2 is 1.84 bits per heavy atom. The molecule has 0 aliphatic carbocycles. The second-order valence-corrected chi connectivity index (χ2v) is 7.74. The van der Waals surface area contributed by atoms with E-state index < -0.39 is 12.1 Å². The highest BCUT2D eigenvalue weighted by Crippen LogP contribution is 2.30. The zero-order chi connectivity index (χ0) is 18.7. The first-order valence-corrected chi connectivity index (χ1v) is 9.71. The fourth-order valence-electron chi connectivity index (χ4n) is 2.65. The topological polar surface area (TPSA) is 77.8 Å². The summed E-state index contributed by atoms with van der Waals surface area (Å²) in [6.45, 7) is 4.36. The van der Waals surface area contributed by atoms with E-state index in [-0.39, 0.29) is 6.61 Å². The van der Waals surface area contributed by atoms with Crippen molar-refractivity contribution in [1.29, 1.82) is 0 Å². The van der Waals surface area contributed by atoms with Crippen molar-refractivity contribution in [3.63, 3.8) is 0 Å². The van der Waals surface area contributed by atoms with Gasteiger partial charge in [-0.05, 0) is 56.1 Å². The molecule has 0 fully saturated rings. The Morgan fingerprint density at radius 1 is 1.16 bits per heavy atom. The summed E-state index contributed by atoms with van der Waals surface area (Å²) >= 11 is 1.27. The number of allylic oxidation sites excluding steroid dienone is 1. The van der Waals surface area contributed by atoms with Crippen molar-refractivity contribution in [3.8, 4) is 0 Å². The maximum absolute atomic E-state index is 11.5. The van der Waals surface area contributed by atoms with Crippen LogP contribution in [-0.2, 0) is 4.79 Å². The average molecular weight is 367 g/mol. The summed E-state index contributed by atoms with van der Waals surface area (Å²) in [6.07, 6.45) is 4.87. The Hall–Kier alpha value is -1.30. The maximum Gasteiger partial charge on any atom is 0.342 e. The second kappa shape index (κ2) is 12.1. The van der Waals surface area contributed by atoms with Gasteiger partial charge in [0, 0.05) is 11.5 Å². The van der Waals surface area contributed by atoms with Crippen LogP contribution in [0.25, 0.3) is 0 Å². The number of carbonyl (C=O) groups is 1. The Kier molecular flexibility index (Phi) is 10.5. The monoisotopic (exact) mass is 366 g/mol. The van der Waals surface area contributed by atoms with E-state index in [1.165, 1.54) is 11.8 Å². The largest absolute Gasteiger partial charge is 0.477 e. The lowest BCUT2D eigenvalue weighted by molar-refractivity contribution is -0.131. The third kappa shape index (κ3) is 9.10. The minimum absolute atomic E-state index is 0.103. The van der Waals surface area contributed by atoms with Gasteiger partial charge < -0.3 is 15.3 Å². The number of aliphatic hydroxyl groups excluding tert-OH is 2. The molecule has 2 unspecified atom stereocenters. The van der Waals surface area contributed by atoms with Crippen LogP contribution < -0.4 is 0 Å². The number of rotatable bonds is 12.